The number of hydrogen-bond acceptors (Lipinski definition) is 4. The van der Waals surface area contributed by atoms with Gasteiger partial charge in [0.15, 0.2) is 5.84 Å². The Hall–Kier alpha value is -3.86. The molecule has 5 nitrogen and oxygen atoms in total. The second-order valence-electron chi connectivity index (χ2n) is 7.21. The van der Waals surface area contributed by atoms with Crippen LogP contribution in [-0.2, 0) is 0 Å². The Bertz CT molecular complexity index is 1330. The molecule has 0 atom stereocenters. The quantitative estimate of drug-likeness (QED) is 0.461. The van der Waals surface area contributed by atoms with Gasteiger partial charge in [0.25, 0.3) is 0 Å². The molecule has 0 radical (unpaired) electrons. The summed E-state index contributed by atoms with van der Waals surface area (Å²) in [6.45, 7) is 2.13. The Morgan fingerprint density at radius 3 is 2.37 bits per heavy atom. The molecule has 1 N–H and O–H groups in total. The number of aromatic nitrogens is 2. The highest BCUT2D eigenvalue weighted by atomic mass is 15.1. The number of para-hydroxylation sites is 2. The first kappa shape index (κ1) is 18.2. The van der Waals surface area contributed by atoms with E-state index in [-0.39, 0.29) is 0 Å². The van der Waals surface area contributed by atoms with Gasteiger partial charge in [-0.25, -0.2) is 9.98 Å². The lowest BCUT2D eigenvalue weighted by Crippen LogP contribution is -2.18. The molecule has 30 heavy (non-hydrogen) atoms. The third kappa shape index (κ3) is 3.70. The minimum atomic E-state index is 0.733. The normalized spacial score (nSPS) is 15.3. The molecule has 0 saturated heterocycles. The van der Waals surface area contributed by atoms with Gasteiger partial charge in [0.2, 0.25) is 0 Å². The van der Waals surface area contributed by atoms with Gasteiger partial charge in [-0.1, -0.05) is 49.4 Å². The van der Waals surface area contributed by atoms with Crippen molar-refractivity contribution in [2.45, 2.75) is 19.8 Å². The average molecular weight is 391 g/mol. The van der Waals surface area contributed by atoms with Gasteiger partial charge in [-0.3, -0.25) is 9.97 Å². The third-order valence-corrected chi connectivity index (χ3v) is 5.14. The van der Waals surface area contributed by atoms with E-state index in [1.54, 1.807) is 6.20 Å². The molecule has 0 unspecified atom stereocenters. The number of anilines is 1. The number of aliphatic imine (C=N–C) groups is 2. The Labute approximate surface area is 174 Å². The topological polar surface area (TPSA) is 62.5 Å². The first-order valence-corrected chi connectivity index (χ1v) is 10.1. The summed E-state index contributed by atoms with van der Waals surface area (Å²) in [4.78, 5) is 18.7. The fourth-order valence-electron chi connectivity index (χ4n) is 3.58. The van der Waals surface area contributed by atoms with Crippen molar-refractivity contribution in [3.63, 3.8) is 0 Å². The first-order valence-electron chi connectivity index (χ1n) is 10.1. The van der Waals surface area contributed by atoms with Gasteiger partial charge in [-0.15, -0.1) is 0 Å². The molecule has 5 rings (SSSR count). The molecule has 4 aromatic rings. The highest BCUT2D eigenvalue weighted by molar-refractivity contribution is 6.13. The number of amidine groups is 2. The number of nitrogens with zero attached hydrogens (tertiary/aromatic N) is 4. The van der Waals surface area contributed by atoms with E-state index in [0.29, 0.717) is 0 Å². The Balaban J connectivity index is 1.46. The molecule has 5 heteroatoms. The van der Waals surface area contributed by atoms with Crippen molar-refractivity contribution in [1.82, 2.24) is 9.97 Å². The van der Waals surface area contributed by atoms with E-state index < -0.39 is 0 Å². The lowest BCUT2D eigenvalue weighted by molar-refractivity contribution is 1.12. The molecule has 1 aliphatic heterocycles. The Morgan fingerprint density at radius 2 is 1.60 bits per heavy atom. The number of fused-ring (bicyclic) bond motifs is 2. The molecular weight excluding hydrogens is 370 g/mol. The zero-order valence-corrected chi connectivity index (χ0v) is 16.7. The van der Waals surface area contributed by atoms with Crippen molar-refractivity contribution in [2.24, 2.45) is 9.98 Å². The van der Waals surface area contributed by atoms with Crippen LogP contribution in [0.3, 0.4) is 0 Å². The van der Waals surface area contributed by atoms with Crippen LogP contribution in [0.25, 0.3) is 21.8 Å². The van der Waals surface area contributed by atoms with Gasteiger partial charge in [-0.05, 0) is 36.3 Å². The summed E-state index contributed by atoms with van der Waals surface area (Å²) < 4.78 is 0. The molecule has 2 aromatic heterocycles. The van der Waals surface area contributed by atoms with Crippen LogP contribution in [-0.4, -0.2) is 21.6 Å². The maximum absolute atomic E-state index is 4.82. The number of dihydropyridines is 1. The van der Waals surface area contributed by atoms with E-state index in [1.165, 1.54) is 0 Å². The zero-order chi connectivity index (χ0) is 20.3. The van der Waals surface area contributed by atoms with Gasteiger partial charge in [0.1, 0.15) is 5.84 Å². The monoisotopic (exact) mass is 391 g/mol. The summed E-state index contributed by atoms with van der Waals surface area (Å²) in [6, 6.07) is 20.3. The summed E-state index contributed by atoms with van der Waals surface area (Å²) in [5, 5.41) is 5.58. The number of pyridine rings is 2. The van der Waals surface area contributed by atoms with E-state index in [4.69, 9.17) is 9.98 Å². The molecule has 0 fully saturated rings. The summed E-state index contributed by atoms with van der Waals surface area (Å²) in [6.07, 6.45) is 7.46. The second-order valence-corrected chi connectivity index (χ2v) is 7.21. The predicted molar refractivity (Wildman–Crippen MR) is 125 cm³/mol. The zero-order valence-electron chi connectivity index (χ0n) is 16.7. The van der Waals surface area contributed by atoms with Crippen LogP contribution < -0.4 is 5.32 Å². The van der Waals surface area contributed by atoms with E-state index in [1.807, 2.05) is 54.7 Å². The van der Waals surface area contributed by atoms with Crippen molar-refractivity contribution < 1.29 is 0 Å². The molecule has 0 saturated carbocycles. The number of nitrogens with one attached hydrogen (secondary N) is 1. The maximum atomic E-state index is 4.82. The van der Waals surface area contributed by atoms with Crippen LogP contribution in [0.4, 0.5) is 11.4 Å². The van der Waals surface area contributed by atoms with Crippen LogP contribution in [0, 0.1) is 0 Å². The molecule has 3 heterocycles. The van der Waals surface area contributed by atoms with Crippen molar-refractivity contribution in [2.75, 3.05) is 5.32 Å². The minimum absolute atomic E-state index is 0.733. The Kier molecular flexibility index (Phi) is 4.77. The predicted octanol–water partition coefficient (Wildman–Crippen LogP) is 6.06. The average Bonchev–Trinajstić information content (AvgIpc) is 2.79. The molecular formula is C25H21N5. The van der Waals surface area contributed by atoms with Crippen molar-refractivity contribution >= 4 is 44.9 Å². The van der Waals surface area contributed by atoms with Crippen molar-refractivity contribution in [3.05, 3.63) is 84.7 Å². The van der Waals surface area contributed by atoms with Gasteiger partial charge in [0, 0.05) is 17.2 Å². The molecule has 0 aliphatic carbocycles. The SMILES string of the molecule is CCC1=CCC(Nc2cnc3ccccc3c2)=NC1=Nc1cnc2ccccc2c1. The second kappa shape index (κ2) is 7.87. The van der Waals surface area contributed by atoms with E-state index in [9.17, 15) is 0 Å². The van der Waals surface area contributed by atoms with Crippen LogP contribution >= 0.6 is 0 Å². The molecule has 1 aliphatic rings. The van der Waals surface area contributed by atoms with Crippen molar-refractivity contribution in [3.8, 4) is 0 Å². The first-order chi connectivity index (χ1) is 14.8. The van der Waals surface area contributed by atoms with E-state index in [2.05, 4.69) is 40.4 Å². The summed E-state index contributed by atoms with van der Waals surface area (Å²) in [5.41, 5.74) is 4.82. The summed E-state index contributed by atoms with van der Waals surface area (Å²) in [7, 11) is 0. The van der Waals surface area contributed by atoms with Crippen LogP contribution in [0.15, 0.2) is 94.7 Å². The Morgan fingerprint density at radius 1 is 0.900 bits per heavy atom. The molecule has 0 spiro atoms. The highest BCUT2D eigenvalue weighted by Gasteiger charge is 2.13. The number of hydrogen-bond donors (Lipinski definition) is 1. The maximum Gasteiger partial charge on any atom is 0.157 e. The van der Waals surface area contributed by atoms with E-state index in [0.717, 1.165) is 63.3 Å². The third-order valence-electron chi connectivity index (χ3n) is 5.14. The number of benzene rings is 2. The smallest absolute Gasteiger partial charge is 0.157 e. The fraction of sp³-hybridized carbons (Fsp3) is 0.120. The molecule has 0 bridgehead atoms. The van der Waals surface area contributed by atoms with Crippen LogP contribution in [0.1, 0.15) is 19.8 Å². The van der Waals surface area contributed by atoms with Crippen LogP contribution in [0.5, 0.6) is 0 Å². The van der Waals surface area contributed by atoms with Gasteiger partial charge in [-0.2, -0.15) is 0 Å². The van der Waals surface area contributed by atoms with Crippen LogP contribution in [0.2, 0.25) is 0 Å². The van der Waals surface area contributed by atoms with E-state index >= 15 is 0 Å². The highest BCUT2D eigenvalue weighted by Crippen LogP contribution is 2.23. The lowest BCUT2D eigenvalue weighted by atomic mass is 10.1. The summed E-state index contributed by atoms with van der Waals surface area (Å²) >= 11 is 0. The lowest BCUT2D eigenvalue weighted by Gasteiger charge is -2.16. The molecule has 2 aromatic carbocycles. The number of rotatable bonds is 3. The largest absolute Gasteiger partial charge is 0.342 e. The fourth-order valence-corrected chi connectivity index (χ4v) is 3.58. The van der Waals surface area contributed by atoms with Gasteiger partial charge in [0.05, 0.1) is 34.8 Å². The van der Waals surface area contributed by atoms with Gasteiger partial charge < -0.3 is 5.32 Å². The van der Waals surface area contributed by atoms with Gasteiger partial charge >= 0.3 is 0 Å². The minimum Gasteiger partial charge on any atom is -0.342 e. The molecule has 0 amide bonds. The molecule has 146 valence electrons. The van der Waals surface area contributed by atoms with Crippen molar-refractivity contribution in [1.29, 1.82) is 0 Å². The summed E-state index contributed by atoms with van der Waals surface area (Å²) in [5.74, 6) is 1.59. The standard InChI is InChI=1S/C25H21N5/c1-2-17-11-12-24(28-20-13-18-7-3-5-9-22(18)26-15-20)30-25(17)29-21-14-19-8-4-6-10-23(19)27-16-21/h3-11,13-16H,2,12H2,1H3,(H,28,29,30).